The Kier molecular flexibility index (Phi) is 4.88. The molecular weight excluding hydrogens is 328 g/mol. The molecule has 20 heavy (non-hydrogen) atoms. The van der Waals surface area contributed by atoms with Gasteiger partial charge in [0.1, 0.15) is 11.6 Å². The summed E-state index contributed by atoms with van der Waals surface area (Å²) >= 11 is 3.47. The van der Waals surface area contributed by atoms with E-state index in [0.717, 1.165) is 22.8 Å². The lowest BCUT2D eigenvalue weighted by Crippen LogP contribution is -2.23. The fourth-order valence-corrected chi connectivity index (χ4v) is 2.84. The van der Waals surface area contributed by atoms with Gasteiger partial charge in [0.25, 0.3) is 0 Å². The zero-order chi connectivity index (χ0) is 14.7. The highest BCUT2D eigenvalue weighted by Crippen LogP contribution is 2.26. The van der Waals surface area contributed by atoms with Crippen molar-refractivity contribution in [2.24, 2.45) is 0 Å². The minimum Gasteiger partial charge on any atom is -0.311 e. The molecule has 108 valence electrons. The standard InChI is InChI=1S/C14H16BrF2N3/c1-3-20-14(12(15)8-19-20)13(18-2)6-9-4-10(16)7-11(17)5-9/h4-5,7-8,13,18H,3,6H2,1-2H3. The van der Waals surface area contributed by atoms with Crippen LogP contribution < -0.4 is 5.32 Å². The van der Waals surface area contributed by atoms with Gasteiger partial charge in [-0.25, -0.2) is 8.78 Å². The maximum absolute atomic E-state index is 13.3. The quantitative estimate of drug-likeness (QED) is 0.901. The SMILES string of the molecule is CCn1ncc(Br)c1C(Cc1cc(F)cc(F)c1)NC. The molecule has 1 heterocycles. The second-order valence-electron chi connectivity index (χ2n) is 4.52. The molecule has 3 nitrogen and oxygen atoms in total. The molecule has 1 aromatic heterocycles. The van der Waals surface area contributed by atoms with Crippen LogP contribution in [-0.2, 0) is 13.0 Å². The van der Waals surface area contributed by atoms with Crippen molar-refractivity contribution in [3.63, 3.8) is 0 Å². The Hall–Kier alpha value is -1.27. The second-order valence-corrected chi connectivity index (χ2v) is 5.37. The Labute approximate surface area is 125 Å². The first-order valence-electron chi connectivity index (χ1n) is 6.38. The van der Waals surface area contributed by atoms with E-state index in [0.29, 0.717) is 12.0 Å². The van der Waals surface area contributed by atoms with Crippen molar-refractivity contribution in [2.45, 2.75) is 25.9 Å². The van der Waals surface area contributed by atoms with Crippen LogP contribution in [0.3, 0.4) is 0 Å². The lowest BCUT2D eigenvalue weighted by atomic mass is 10.0. The van der Waals surface area contributed by atoms with Crippen LogP contribution in [0.1, 0.15) is 24.2 Å². The summed E-state index contributed by atoms with van der Waals surface area (Å²) in [4.78, 5) is 0. The molecule has 1 N–H and O–H groups in total. The van der Waals surface area contributed by atoms with Crippen molar-refractivity contribution < 1.29 is 8.78 Å². The number of hydrogen-bond donors (Lipinski definition) is 1. The van der Waals surface area contributed by atoms with Gasteiger partial charge in [-0.3, -0.25) is 4.68 Å². The van der Waals surface area contributed by atoms with Crippen molar-refractivity contribution in [1.29, 1.82) is 0 Å². The molecule has 1 aromatic carbocycles. The number of hydrogen-bond acceptors (Lipinski definition) is 2. The summed E-state index contributed by atoms with van der Waals surface area (Å²) < 4.78 is 29.3. The number of likely N-dealkylation sites (N-methyl/N-ethyl adjacent to an activating group) is 1. The lowest BCUT2D eigenvalue weighted by molar-refractivity contribution is 0.507. The number of halogens is 3. The number of nitrogens with one attached hydrogen (secondary N) is 1. The number of aryl methyl sites for hydroxylation is 1. The largest absolute Gasteiger partial charge is 0.311 e. The normalized spacial score (nSPS) is 12.7. The fraction of sp³-hybridized carbons (Fsp3) is 0.357. The first kappa shape index (κ1) is 15.1. The summed E-state index contributed by atoms with van der Waals surface area (Å²) in [6.07, 6.45) is 2.21. The third-order valence-electron chi connectivity index (χ3n) is 3.17. The van der Waals surface area contributed by atoms with Crippen molar-refractivity contribution in [1.82, 2.24) is 15.1 Å². The number of rotatable bonds is 5. The predicted molar refractivity (Wildman–Crippen MR) is 77.5 cm³/mol. The van der Waals surface area contributed by atoms with Crippen LogP contribution in [-0.4, -0.2) is 16.8 Å². The monoisotopic (exact) mass is 343 g/mol. The molecule has 1 atom stereocenters. The van der Waals surface area contributed by atoms with Crippen molar-refractivity contribution in [2.75, 3.05) is 7.05 Å². The second kappa shape index (κ2) is 6.45. The van der Waals surface area contributed by atoms with Gasteiger partial charge in [-0.05, 0) is 54.0 Å². The average molecular weight is 344 g/mol. The van der Waals surface area contributed by atoms with Crippen LogP contribution in [0.5, 0.6) is 0 Å². The van der Waals surface area contributed by atoms with E-state index in [1.807, 2.05) is 18.7 Å². The Bertz CT molecular complexity index is 578. The number of nitrogens with zero attached hydrogens (tertiary/aromatic N) is 2. The zero-order valence-electron chi connectivity index (χ0n) is 11.3. The minimum atomic E-state index is -0.557. The molecule has 0 amide bonds. The van der Waals surface area contributed by atoms with E-state index in [1.165, 1.54) is 12.1 Å². The maximum atomic E-state index is 13.3. The van der Waals surface area contributed by atoms with Crippen molar-refractivity contribution in [3.05, 3.63) is 51.8 Å². The molecular formula is C14H16BrF2N3. The van der Waals surface area contributed by atoms with Gasteiger partial charge < -0.3 is 5.32 Å². The molecule has 0 radical (unpaired) electrons. The smallest absolute Gasteiger partial charge is 0.126 e. The van der Waals surface area contributed by atoms with E-state index in [2.05, 4.69) is 26.3 Å². The minimum absolute atomic E-state index is 0.0759. The molecule has 2 rings (SSSR count). The van der Waals surface area contributed by atoms with E-state index < -0.39 is 11.6 Å². The summed E-state index contributed by atoms with van der Waals surface area (Å²) in [5, 5.41) is 7.43. The van der Waals surface area contributed by atoms with E-state index in [9.17, 15) is 8.78 Å². The first-order chi connectivity index (χ1) is 9.55. The Morgan fingerprint density at radius 3 is 2.50 bits per heavy atom. The van der Waals surface area contributed by atoms with E-state index >= 15 is 0 Å². The molecule has 0 spiro atoms. The van der Waals surface area contributed by atoms with Crippen LogP contribution in [0.2, 0.25) is 0 Å². The lowest BCUT2D eigenvalue weighted by Gasteiger charge is -2.18. The summed E-state index contributed by atoms with van der Waals surface area (Å²) in [6, 6.07) is 3.51. The van der Waals surface area contributed by atoms with Crippen molar-refractivity contribution >= 4 is 15.9 Å². The van der Waals surface area contributed by atoms with E-state index in [4.69, 9.17) is 0 Å². The van der Waals surface area contributed by atoms with Gasteiger partial charge in [0.2, 0.25) is 0 Å². The van der Waals surface area contributed by atoms with Gasteiger partial charge in [-0.2, -0.15) is 5.10 Å². The Morgan fingerprint density at radius 1 is 1.30 bits per heavy atom. The highest BCUT2D eigenvalue weighted by atomic mass is 79.9. The van der Waals surface area contributed by atoms with E-state index in [1.54, 1.807) is 6.20 Å². The molecule has 0 fully saturated rings. The summed E-state index contributed by atoms with van der Waals surface area (Å²) in [6.45, 7) is 2.73. The number of benzene rings is 1. The molecule has 2 aromatic rings. The van der Waals surface area contributed by atoms with Gasteiger partial charge in [0, 0.05) is 12.6 Å². The average Bonchev–Trinajstić information content (AvgIpc) is 2.76. The molecule has 6 heteroatoms. The highest BCUT2D eigenvalue weighted by molar-refractivity contribution is 9.10. The van der Waals surface area contributed by atoms with Gasteiger partial charge >= 0.3 is 0 Å². The van der Waals surface area contributed by atoms with Gasteiger partial charge in [-0.15, -0.1) is 0 Å². The topological polar surface area (TPSA) is 29.9 Å². The fourth-order valence-electron chi connectivity index (χ4n) is 2.27. The summed E-state index contributed by atoms with van der Waals surface area (Å²) in [5.74, 6) is -1.11. The predicted octanol–water partition coefficient (Wildman–Crippen LogP) is 3.45. The highest BCUT2D eigenvalue weighted by Gasteiger charge is 2.19. The first-order valence-corrected chi connectivity index (χ1v) is 7.17. The summed E-state index contributed by atoms with van der Waals surface area (Å²) in [7, 11) is 1.82. The summed E-state index contributed by atoms with van der Waals surface area (Å²) in [5.41, 5.74) is 1.58. The van der Waals surface area contributed by atoms with Crippen LogP contribution in [0, 0.1) is 11.6 Å². The molecule has 0 saturated carbocycles. The van der Waals surface area contributed by atoms with Gasteiger partial charge in [-0.1, -0.05) is 0 Å². The van der Waals surface area contributed by atoms with Gasteiger partial charge in [0.05, 0.1) is 22.4 Å². The van der Waals surface area contributed by atoms with Crippen LogP contribution >= 0.6 is 15.9 Å². The molecule has 0 aliphatic rings. The van der Waals surface area contributed by atoms with E-state index in [-0.39, 0.29) is 6.04 Å². The Balaban J connectivity index is 2.31. The zero-order valence-corrected chi connectivity index (χ0v) is 12.9. The van der Waals surface area contributed by atoms with Crippen LogP contribution in [0.15, 0.2) is 28.9 Å². The van der Waals surface area contributed by atoms with Crippen molar-refractivity contribution in [3.8, 4) is 0 Å². The Morgan fingerprint density at radius 2 is 1.95 bits per heavy atom. The van der Waals surface area contributed by atoms with Gasteiger partial charge in [0.15, 0.2) is 0 Å². The molecule has 0 aliphatic carbocycles. The molecule has 0 bridgehead atoms. The third kappa shape index (κ3) is 3.24. The van der Waals surface area contributed by atoms with Crippen LogP contribution in [0.25, 0.3) is 0 Å². The molecule has 0 aliphatic heterocycles. The maximum Gasteiger partial charge on any atom is 0.126 e. The van der Waals surface area contributed by atoms with Crippen LogP contribution in [0.4, 0.5) is 8.78 Å². The molecule has 0 saturated heterocycles. The molecule has 1 unspecified atom stereocenters. The third-order valence-corrected chi connectivity index (χ3v) is 3.78. The number of aromatic nitrogens is 2.